The lowest BCUT2D eigenvalue weighted by molar-refractivity contribution is -0.160. The molecular weight excluding hydrogens is 490 g/mol. The van der Waals surface area contributed by atoms with E-state index in [0.717, 1.165) is 61.1 Å². The van der Waals surface area contributed by atoms with Crippen molar-refractivity contribution in [2.75, 3.05) is 17.2 Å². The number of aliphatic hydroxyl groups excluding tert-OH is 1. The van der Waals surface area contributed by atoms with Crippen LogP contribution < -0.4 is 10.6 Å². The number of hydrogen-bond donors (Lipinski definition) is 3. The van der Waals surface area contributed by atoms with Crippen LogP contribution in [0.4, 0.5) is 16.9 Å². The molecule has 2 fully saturated rings. The topological polar surface area (TPSA) is 125 Å². The second kappa shape index (κ2) is 10.8. The quantitative estimate of drug-likeness (QED) is 0.386. The van der Waals surface area contributed by atoms with Crippen LogP contribution in [0.1, 0.15) is 65.0 Å². The minimum absolute atomic E-state index is 0.182. The highest BCUT2D eigenvalue weighted by atomic mass is 32.1. The first-order chi connectivity index (χ1) is 17.7. The summed E-state index contributed by atoms with van der Waals surface area (Å²) >= 11 is 1.47. The van der Waals surface area contributed by atoms with Crippen molar-refractivity contribution in [3.8, 4) is 0 Å². The van der Waals surface area contributed by atoms with Crippen LogP contribution in [0, 0.1) is 0 Å². The van der Waals surface area contributed by atoms with Crippen molar-refractivity contribution in [3.63, 3.8) is 0 Å². The predicted molar refractivity (Wildman–Crippen MR) is 144 cm³/mol. The smallest absolute Gasteiger partial charge is 0.323 e. The fraction of sp³-hybridized carbons (Fsp3) is 0.577. The van der Waals surface area contributed by atoms with E-state index in [1.54, 1.807) is 6.20 Å². The molecule has 0 unspecified atom stereocenters. The summed E-state index contributed by atoms with van der Waals surface area (Å²) in [5.74, 6) is 0.988. The van der Waals surface area contributed by atoms with Gasteiger partial charge < -0.3 is 20.5 Å². The van der Waals surface area contributed by atoms with Gasteiger partial charge in [-0.05, 0) is 78.0 Å². The number of nitrogens with one attached hydrogen (secondary N) is 2. The molecule has 3 N–H and O–H groups in total. The zero-order valence-electron chi connectivity index (χ0n) is 21.6. The summed E-state index contributed by atoms with van der Waals surface area (Å²) in [5, 5.41) is 17.4. The standard InChI is InChI=1S/C26H35N7O3S/c1-26(2,3)36-23(35)20-7-5-13-33(20)15-17-14-21(32-25-30-19-6-4-12-27-22(19)37-25)31-24(29-17)28-16-8-10-18(34)11-9-16/h4,6,12,14,16,18,20,34H,5,7-11,13,15H2,1-3H3,(H2,28,29,30,31,32)/t16?,18?,20-/m0/s1. The fourth-order valence-electron chi connectivity index (χ4n) is 4.90. The number of aliphatic hydroxyl groups is 1. The molecule has 11 heteroatoms. The average Bonchev–Trinajstić information content (AvgIpc) is 3.45. The Kier molecular flexibility index (Phi) is 7.55. The van der Waals surface area contributed by atoms with Crippen LogP contribution >= 0.6 is 11.3 Å². The third-order valence-corrected chi connectivity index (χ3v) is 7.51. The molecule has 1 saturated heterocycles. The van der Waals surface area contributed by atoms with E-state index in [-0.39, 0.29) is 24.2 Å². The number of fused-ring (bicyclic) bond motifs is 1. The van der Waals surface area contributed by atoms with Crippen molar-refractivity contribution >= 4 is 44.6 Å². The van der Waals surface area contributed by atoms with Gasteiger partial charge in [0.1, 0.15) is 27.8 Å². The van der Waals surface area contributed by atoms with Crippen LogP contribution in [0.15, 0.2) is 24.4 Å². The van der Waals surface area contributed by atoms with E-state index in [4.69, 9.17) is 14.7 Å². The van der Waals surface area contributed by atoms with Gasteiger partial charge in [0.05, 0.1) is 11.8 Å². The SMILES string of the molecule is CC(C)(C)OC(=O)[C@@H]1CCCN1Cc1cc(Nc2nc3cccnc3s2)nc(NC2CCC(O)CC2)n1. The third-order valence-electron chi connectivity index (χ3n) is 6.62. The van der Waals surface area contributed by atoms with Crippen molar-refractivity contribution in [3.05, 3.63) is 30.1 Å². The van der Waals surface area contributed by atoms with Gasteiger partial charge in [0.25, 0.3) is 0 Å². The number of esters is 1. The zero-order chi connectivity index (χ0) is 26.0. The van der Waals surface area contributed by atoms with Crippen LogP contribution in [0.25, 0.3) is 10.3 Å². The molecule has 198 valence electrons. The molecule has 1 aliphatic carbocycles. The highest BCUT2D eigenvalue weighted by Gasteiger charge is 2.34. The van der Waals surface area contributed by atoms with E-state index >= 15 is 0 Å². The van der Waals surface area contributed by atoms with Crippen LogP contribution in [0.3, 0.4) is 0 Å². The maximum absolute atomic E-state index is 12.9. The number of carbonyl (C=O) groups is 1. The zero-order valence-corrected chi connectivity index (χ0v) is 22.4. The first-order valence-corrected chi connectivity index (χ1v) is 13.8. The largest absolute Gasteiger partial charge is 0.459 e. The molecule has 37 heavy (non-hydrogen) atoms. The Morgan fingerprint density at radius 1 is 1.19 bits per heavy atom. The Hall–Kier alpha value is -2.89. The van der Waals surface area contributed by atoms with Crippen LogP contribution in [-0.4, -0.2) is 66.2 Å². The molecule has 1 saturated carbocycles. The Morgan fingerprint density at radius 2 is 2.00 bits per heavy atom. The lowest BCUT2D eigenvalue weighted by Crippen LogP contribution is -2.40. The molecule has 10 nitrogen and oxygen atoms in total. The number of rotatable bonds is 7. The Morgan fingerprint density at radius 3 is 2.76 bits per heavy atom. The molecule has 0 amide bonds. The van der Waals surface area contributed by atoms with Crippen molar-refractivity contribution in [1.29, 1.82) is 0 Å². The maximum Gasteiger partial charge on any atom is 0.323 e. The minimum Gasteiger partial charge on any atom is -0.459 e. The van der Waals surface area contributed by atoms with Crippen molar-refractivity contribution in [2.24, 2.45) is 0 Å². The number of carbonyl (C=O) groups excluding carboxylic acids is 1. The number of hydrogen-bond acceptors (Lipinski definition) is 11. The van der Waals surface area contributed by atoms with Gasteiger partial charge in [-0.2, -0.15) is 4.98 Å². The van der Waals surface area contributed by atoms with E-state index in [2.05, 4.69) is 25.5 Å². The lowest BCUT2D eigenvalue weighted by Gasteiger charge is -2.28. The summed E-state index contributed by atoms with van der Waals surface area (Å²) in [4.78, 5) is 34.4. The summed E-state index contributed by atoms with van der Waals surface area (Å²) in [7, 11) is 0. The van der Waals surface area contributed by atoms with Gasteiger partial charge >= 0.3 is 5.97 Å². The first kappa shape index (κ1) is 25.7. The second-order valence-electron chi connectivity index (χ2n) is 10.9. The number of anilines is 3. The summed E-state index contributed by atoms with van der Waals surface area (Å²) in [6, 6.07) is 5.65. The highest BCUT2D eigenvalue weighted by molar-refractivity contribution is 7.21. The van der Waals surface area contributed by atoms with E-state index in [1.807, 2.05) is 39.0 Å². The third kappa shape index (κ3) is 6.71. The van der Waals surface area contributed by atoms with Gasteiger partial charge in [0.2, 0.25) is 5.95 Å². The summed E-state index contributed by atoms with van der Waals surface area (Å²) < 4.78 is 5.68. The molecule has 0 aromatic carbocycles. The number of aromatic nitrogens is 4. The molecule has 4 heterocycles. The van der Waals surface area contributed by atoms with Gasteiger partial charge in [-0.1, -0.05) is 11.3 Å². The van der Waals surface area contributed by atoms with Gasteiger partial charge in [0, 0.05) is 24.8 Å². The van der Waals surface area contributed by atoms with E-state index < -0.39 is 5.60 Å². The Balaban J connectivity index is 1.37. The number of pyridine rings is 1. The molecule has 0 bridgehead atoms. The predicted octanol–water partition coefficient (Wildman–Crippen LogP) is 4.25. The van der Waals surface area contributed by atoms with Gasteiger partial charge in [-0.25, -0.2) is 15.0 Å². The molecule has 1 atom stereocenters. The Labute approximate surface area is 220 Å². The number of ether oxygens (including phenoxy) is 1. The molecule has 3 aromatic heterocycles. The maximum atomic E-state index is 12.9. The summed E-state index contributed by atoms with van der Waals surface area (Å²) in [6.07, 6.45) is 6.53. The van der Waals surface area contributed by atoms with Crippen molar-refractivity contribution in [2.45, 2.75) is 89.6 Å². The van der Waals surface area contributed by atoms with Gasteiger partial charge in [-0.3, -0.25) is 9.69 Å². The molecule has 0 radical (unpaired) electrons. The van der Waals surface area contributed by atoms with Crippen molar-refractivity contribution < 1.29 is 14.6 Å². The molecule has 5 rings (SSSR count). The molecule has 2 aliphatic rings. The van der Waals surface area contributed by atoms with E-state index in [9.17, 15) is 9.90 Å². The first-order valence-electron chi connectivity index (χ1n) is 13.0. The van der Waals surface area contributed by atoms with Crippen LogP contribution in [0.2, 0.25) is 0 Å². The summed E-state index contributed by atoms with van der Waals surface area (Å²) in [6.45, 7) is 7.01. The molecule has 1 aliphatic heterocycles. The fourth-order valence-corrected chi connectivity index (χ4v) is 5.72. The van der Waals surface area contributed by atoms with Gasteiger partial charge in [-0.15, -0.1) is 0 Å². The molecular formula is C26H35N7O3S. The average molecular weight is 526 g/mol. The number of likely N-dealkylation sites (tertiary alicyclic amines) is 1. The molecule has 3 aromatic rings. The van der Waals surface area contributed by atoms with Crippen LogP contribution in [-0.2, 0) is 16.1 Å². The Bertz CT molecular complexity index is 1200. The number of thiazole rings is 1. The summed E-state index contributed by atoms with van der Waals surface area (Å²) in [5.41, 5.74) is 1.12. The second-order valence-corrected chi connectivity index (χ2v) is 11.8. The monoisotopic (exact) mass is 525 g/mol. The lowest BCUT2D eigenvalue weighted by atomic mass is 9.93. The number of nitrogens with zero attached hydrogens (tertiary/aromatic N) is 5. The molecule has 0 spiro atoms. The highest BCUT2D eigenvalue weighted by Crippen LogP contribution is 2.29. The van der Waals surface area contributed by atoms with Crippen LogP contribution in [0.5, 0.6) is 0 Å². The normalized spacial score (nSPS) is 22.8. The van der Waals surface area contributed by atoms with Gasteiger partial charge in [0.15, 0.2) is 5.13 Å². The van der Waals surface area contributed by atoms with Crippen molar-refractivity contribution in [1.82, 2.24) is 24.8 Å². The van der Waals surface area contributed by atoms with E-state index in [1.165, 1.54) is 11.3 Å². The minimum atomic E-state index is -0.520. The van der Waals surface area contributed by atoms with E-state index in [0.29, 0.717) is 23.4 Å².